The minimum atomic E-state index is 0.514. The van der Waals surface area contributed by atoms with Crippen LogP contribution in [0.4, 0.5) is 5.69 Å². The number of pyridine rings is 1. The van der Waals surface area contributed by atoms with Crippen LogP contribution in [-0.4, -0.2) is 9.38 Å². The van der Waals surface area contributed by atoms with Crippen molar-refractivity contribution in [1.29, 1.82) is 0 Å². The molecule has 4 rings (SSSR count). The lowest BCUT2D eigenvalue weighted by Gasteiger charge is -2.07. The van der Waals surface area contributed by atoms with Gasteiger partial charge in [-0.05, 0) is 36.8 Å². The molecular weight excluding hydrogens is 310 g/mol. The molecule has 2 heterocycles. The van der Waals surface area contributed by atoms with Crippen LogP contribution in [0.5, 0.6) is 5.75 Å². The molecule has 0 saturated carbocycles. The van der Waals surface area contributed by atoms with Gasteiger partial charge in [0.2, 0.25) is 0 Å². The first kappa shape index (κ1) is 15.3. The van der Waals surface area contributed by atoms with Gasteiger partial charge in [-0.15, -0.1) is 0 Å². The number of anilines is 1. The van der Waals surface area contributed by atoms with Gasteiger partial charge in [-0.2, -0.15) is 0 Å². The molecule has 0 spiro atoms. The van der Waals surface area contributed by atoms with Crippen molar-refractivity contribution in [2.24, 2.45) is 0 Å². The van der Waals surface area contributed by atoms with Gasteiger partial charge < -0.3 is 14.9 Å². The fourth-order valence-electron chi connectivity index (χ4n) is 2.78. The summed E-state index contributed by atoms with van der Waals surface area (Å²) in [5.41, 5.74) is 11.7. The van der Waals surface area contributed by atoms with Crippen LogP contribution >= 0.6 is 0 Å². The van der Waals surface area contributed by atoms with Crippen LogP contribution in [0.25, 0.3) is 16.9 Å². The van der Waals surface area contributed by atoms with Crippen LogP contribution in [0.3, 0.4) is 0 Å². The molecule has 4 nitrogen and oxygen atoms in total. The van der Waals surface area contributed by atoms with Gasteiger partial charge in [0.15, 0.2) is 11.4 Å². The van der Waals surface area contributed by atoms with E-state index in [9.17, 15) is 0 Å². The summed E-state index contributed by atoms with van der Waals surface area (Å²) in [7, 11) is 0. The number of benzene rings is 2. The van der Waals surface area contributed by atoms with Crippen molar-refractivity contribution in [2.45, 2.75) is 13.5 Å². The van der Waals surface area contributed by atoms with Gasteiger partial charge in [0, 0.05) is 23.6 Å². The third-order valence-corrected chi connectivity index (χ3v) is 4.14. The average molecular weight is 329 g/mol. The number of hydrogen-bond donors (Lipinski definition) is 1. The van der Waals surface area contributed by atoms with E-state index in [1.165, 1.54) is 5.56 Å². The first-order chi connectivity index (χ1) is 12.2. The molecule has 0 aliphatic carbocycles. The monoisotopic (exact) mass is 329 g/mol. The highest BCUT2D eigenvalue weighted by molar-refractivity contribution is 5.68. The molecule has 0 radical (unpaired) electrons. The Labute approximate surface area is 146 Å². The quantitative estimate of drug-likeness (QED) is 0.562. The molecule has 0 aliphatic rings. The fourth-order valence-corrected chi connectivity index (χ4v) is 2.78. The summed E-state index contributed by atoms with van der Waals surface area (Å²) < 4.78 is 7.99. The highest BCUT2D eigenvalue weighted by atomic mass is 16.5. The smallest absolute Gasteiger partial charge is 0.180 e. The van der Waals surface area contributed by atoms with E-state index in [1.54, 1.807) is 0 Å². The van der Waals surface area contributed by atoms with E-state index >= 15 is 0 Å². The van der Waals surface area contributed by atoms with Crippen molar-refractivity contribution in [3.05, 3.63) is 84.2 Å². The number of nitrogen functional groups attached to an aromatic ring is 1. The molecule has 2 N–H and O–H groups in total. The van der Waals surface area contributed by atoms with E-state index in [0.29, 0.717) is 6.61 Å². The maximum atomic E-state index is 6.01. The van der Waals surface area contributed by atoms with Gasteiger partial charge in [-0.3, -0.25) is 0 Å². The number of ether oxygens (including phenoxy) is 1. The summed E-state index contributed by atoms with van der Waals surface area (Å²) in [6.45, 7) is 2.59. The van der Waals surface area contributed by atoms with Crippen molar-refractivity contribution in [3.8, 4) is 17.0 Å². The number of rotatable bonds is 4. The summed E-state index contributed by atoms with van der Waals surface area (Å²) >= 11 is 0. The van der Waals surface area contributed by atoms with Gasteiger partial charge in [-0.1, -0.05) is 42.0 Å². The highest BCUT2D eigenvalue weighted by Gasteiger charge is 2.09. The number of hydrogen-bond acceptors (Lipinski definition) is 3. The number of nitrogens with two attached hydrogens (primary N) is 1. The van der Waals surface area contributed by atoms with E-state index in [2.05, 4.69) is 31.2 Å². The molecule has 0 aliphatic heterocycles. The normalized spacial score (nSPS) is 10.9. The Morgan fingerprint density at radius 2 is 1.88 bits per heavy atom. The minimum Gasteiger partial charge on any atom is -0.485 e. The average Bonchev–Trinajstić information content (AvgIpc) is 3.06. The van der Waals surface area contributed by atoms with Crippen molar-refractivity contribution in [1.82, 2.24) is 9.38 Å². The SMILES string of the molecule is Cc1ccc(COc2cccn3cc(-c4cccc(N)c4)nc23)cc1. The Kier molecular flexibility index (Phi) is 3.86. The second-order valence-electron chi connectivity index (χ2n) is 6.13. The number of imidazole rings is 1. The second-order valence-corrected chi connectivity index (χ2v) is 6.13. The maximum Gasteiger partial charge on any atom is 0.180 e. The van der Waals surface area contributed by atoms with Gasteiger partial charge >= 0.3 is 0 Å². The highest BCUT2D eigenvalue weighted by Crippen LogP contribution is 2.26. The topological polar surface area (TPSA) is 52.5 Å². The second kappa shape index (κ2) is 6.32. The third-order valence-electron chi connectivity index (χ3n) is 4.14. The molecule has 124 valence electrons. The van der Waals surface area contributed by atoms with E-state index in [4.69, 9.17) is 15.5 Å². The molecule has 0 unspecified atom stereocenters. The van der Waals surface area contributed by atoms with Gasteiger partial charge in [0.1, 0.15) is 6.61 Å². The van der Waals surface area contributed by atoms with Crippen LogP contribution in [0.1, 0.15) is 11.1 Å². The van der Waals surface area contributed by atoms with Crippen LogP contribution in [-0.2, 0) is 6.61 Å². The van der Waals surface area contributed by atoms with Gasteiger partial charge in [0.05, 0.1) is 5.69 Å². The molecular formula is C21H19N3O. The molecule has 0 atom stereocenters. The zero-order valence-electron chi connectivity index (χ0n) is 14.0. The molecule has 0 amide bonds. The molecule has 4 heteroatoms. The van der Waals surface area contributed by atoms with Crippen LogP contribution in [0.15, 0.2) is 73.1 Å². The van der Waals surface area contributed by atoms with Gasteiger partial charge in [-0.25, -0.2) is 4.98 Å². The molecule has 0 fully saturated rings. The van der Waals surface area contributed by atoms with Gasteiger partial charge in [0.25, 0.3) is 0 Å². The molecule has 0 saturated heterocycles. The molecule has 0 bridgehead atoms. The Bertz CT molecular complexity index is 1020. The predicted molar refractivity (Wildman–Crippen MR) is 101 cm³/mol. The lowest BCUT2D eigenvalue weighted by molar-refractivity contribution is 0.308. The lowest BCUT2D eigenvalue weighted by Crippen LogP contribution is -1.97. The Hall–Kier alpha value is -3.27. The summed E-state index contributed by atoms with van der Waals surface area (Å²) in [6, 6.07) is 20.0. The molecule has 25 heavy (non-hydrogen) atoms. The molecule has 4 aromatic rings. The van der Waals surface area contributed by atoms with Crippen LogP contribution < -0.4 is 10.5 Å². The van der Waals surface area contributed by atoms with E-state index in [-0.39, 0.29) is 0 Å². The van der Waals surface area contributed by atoms with Crippen LogP contribution in [0, 0.1) is 6.92 Å². The Morgan fingerprint density at radius 1 is 1.04 bits per heavy atom. The van der Waals surface area contributed by atoms with Crippen molar-refractivity contribution >= 4 is 11.3 Å². The summed E-state index contributed by atoms with van der Waals surface area (Å²) in [5.74, 6) is 0.762. The van der Waals surface area contributed by atoms with E-state index in [0.717, 1.165) is 33.9 Å². The Morgan fingerprint density at radius 3 is 2.68 bits per heavy atom. The lowest BCUT2D eigenvalue weighted by atomic mass is 10.1. The van der Waals surface area contributed by atoms with Crippen molar-refractivity contribution < 1.29 is 4.74 Å². The van der Waals surface area contributed by atoms with E-state index < -0.39 is 0 Å². The zero-order valence-corrected chi connectivity index (χ0v) is 14.0. The minimum absolute atomic E-state index is 0.514. The van der Waals surface area contributed by atoms with E-state index in [1.807, 2.05) is 53.2 Å². The Balaban J connectivity index is 1.64. The zero-order chi connectivity index (χ0) is 17.2. The fraction of sp³-hybridized carbons (Fsp3) is 0.0952. The van der Waals surface area contributed by atoms with Crippen LogP contribution in [0.2, 0.25) is 0 Å². The largest absolute Gasteiger partial charge is 0.485 e. The maximum absolute atomic E-state index is 6.01. The molecule has 2 aromatic carbocycles. The molecule has 2 aromatic heterocycles. The summed E-state index contributed by atoms with van der Waals surface area (Å²) in [4.78, 5) is 4.73. The third kappa shape index (κ3) is 3.19. The first-order valence-corrected chi connectivity index (χ1v) is 8.21. The predicted octanol–water partition coefficient (Wildman–Crippen LogP) is 4.47. The van der Waals surface area contributed by atoms with Crippen molar-refractivity contribution in [2.75, 3.05) is 5.73 Å². The first-order valence-electron chi connectivity index (χ1n) is 8.21. The number of aromatic nitrogens is 2. The number of nitrogens with zero attached hydrogens (tertiary/aromatic N) is 2. The van der Waals surface area contributed by atoms with Crippen molar-refractivity contribution in [3.63, 3.8) is 0 Å². The standard InChI is InChI=1S/C21H19N3O/c1-15-7-9-16(10-8-15)14-25-20-6-3-11-24-13-19(23-21(20)24)17-4-2-5-18(22)12-17/h2-13H,14,22H2,1H3. The number of fused-ring (bicyclic) bond motifs is 1. The number of aryl methyl sites for hydroxylation is 1. The summed E-state index contributed by atoms with van der Waals surface area (Å²) in [6.07, 6.45) is 3.96. The summed E-state index contributed by atoms with van der Waals surface area (Å²) in [5, 5.41) is 0.